The summed E-state index contributed by atoms with van der Waals surface area (Å²) in [5.41, 5.74) is 2.56. The van der Waals surface area contributed by atoms with Crippen molar-refractivity contribution in [3.05, 3.63) is 42.0 Å². The van der Waals surface area contributed by atoms with Crippen LogP contribution in [0.1, 0.15) is 12.5 Å². The minimum atomic E-state index is -0.103. The van der Waals surface area contributed by atoms with Crippen LogP contribution in [0, 0.1) is 0 Å². The quantitative estimate of drug-likeness (QED) is 0.815. The third kappa shape index (κ3) is 4.32. The largest absolute Gasteiger partial charge is 0.496 e. The molecule has 0 bridgehead atoms. The Bertz CT molecular complexity index is 716. The first-order valence-corrected chi connectivity index (χ1v) is 7.47. The zero-order chi connectivity index (χ0) is 17.5. The molecule has 0 fully saturated rings. The van der Waals surface area contributed by atoms with Gasteiger partial charge < -0.3 is 24.8 Å². The number of anilines is 2. The highest BCUT2D eigenvalue weighted by Gasteiger charge is 2.11. The fraction of sp³-hybridized carbons (Fsp3) is 0.278. The number of carbonyl (C=O) groups excluding carboxylic acids is 1. The molecule has 1 amide bonds. The summed E-state index contributed by atoms with van der Waals surface area (Å²) in [7, 11) is 4.79. The Balaban J connectivity index is 2.18. The van der Waals surface area contributed by atoms with Gasteiger partial charge in [0.05, 0.1) is 21.3 Å². The number of carbonyl (C=O) groups is 1. The van der Waals surface area contributed by atoms with Gasteiger partial charge >= 0.3 is 0 Å². The van der Waals surface area contributed by atoms with E-state index in [0.29, 0.717) is 23.8 Å². The summed E-state index contributed by atoms with van der Waals surface area (Å²) in [5, 5.41) is 6.07. The van der Waals surface area contributed by atoms with E-state index in [4.69, 9.17) is 14.2 Å². The molecule has 0 aliphatic carbocycles. The molecule has 0 aliphatic heterocycles. The van der Waals surface area contributed by atoms with Gasteiger partial charge in [-0.2, -0.15) is 0 Å². The molecule has 0 aliphatic rings. The van der Waals surface area contributed by atoms with Crippen molar-refractivity contribution in [2.45, 2.75) is 13.5 Å². The summed E-state index contributed by atoms with van der Waals surface area (Å²) in [6, 6.07) is 11.2. The van der Waals surface area contributed by atoms with Crippen molar-refractivity contribution in [3.8, 4) is 17.2 Å². The Labute approximate surface area is 141 Å². The molecule has 0 radical (unpaired) electrons. The number of nitrogens with one attached hydrogen (secondary N) is 2. The second kappa shape index (κ2) is 8.10. The van der Waals surface area contributed by atoms with Crippen LogP contribution in [0.25, 0.3) is 0 Å². The van der Waals surface area contributed by atoms with E-state index < -0.39 is 0 Å². The van der Waals surface area contributed by atoms with Crippen LogP contribution in [0.5, 0.6) is 17.2 Å². The number of hydrogen-bond donors (Lipinski definition) is 2. The molecule has 24 heavy (non-hydrogen) atoms. The van der Waals surface area contributed by atoms with Crippen LogP contribution < -0.4 is 24.8 Å². The Morgan fingerprint density at radius 1 is 0.917 bits per heavy atom. The van der Waals surface area contributed by atoms with Crippen molar-refractivity contribution in [3.63, 3.8) is 0 Å². The van der Waals surface area contributed by atoms with Crippen LogP contribution in [0.4, 0.5) is 11.4 Å². The Hall–Kier alpha value is -2.89. The summed E-state index contributed by atoms with van der Waals surface area (Å²) in [5.74, 6) is 1.86. The summed E-state index contributed by atoms with van der Waals surface area (Å²) in [6.45, 7) is 2.02. The molecule has 6 heteroatoms. The highest BCUT2D eigenvalue weighted by Crippen LogP contribution is 2.35. The van der Waals surface area contributed by atoms with E-state index in [9.17, 15) is 4.79 Å². The molecule has 6 nitrogen and oxygen atoms in total. The van der Waals surface area contributed by atoms with Crippen molar-refractivity contribution in [1.82, 2.24) is 0 Å². The van der Waals surface area contributed by atoms with E-state index in [1.807, 2.05) is 30.3 Å². The van der Waals surface area contributed by atoms with E-state index in [2.05, 4.69) is 10.6 Å². The molecule has 0 saturated carbocycles. The van der Waals surface area contributed by atoms with E-state index in [1.165, 1.54) is 6.92 Å². The van der Waals surface area contributed by atoms with Crippen LogP contribution in [-0.4, -0.2) is 27.2 Å². The van der Waals surface area contributed by atoms with Crippen LogP contribution in [-0.2, 0) is 11.3 Å². The lowest BCUT2D eigenvalue weighted by molar-refractivity contribution is -0.114. The normalized spacial score (nSPS) is 10.0. The minimum Gasteiger partial charge on any atom is -0.496 e. The van der Waals surface area contributed by atoms with E-state index >= 15 is 0 Å². The van der Waals surface area contributed by atoms with Gasteiger partial charge in [0, 0.05) is 36.5 Å². The van der Waals surface area contributed by atoms with E-state index in [0.717, 1.165) is 16.9 Å². The van der Waals surface area contributed by atoms with Crippen LogP contribution in [0.3, 0.4) is 0 Å². The van der Waals surface area contributed by atoms with Crippen molar-refractivity contribution in [2.24, 2.45) is 0 Å². The Morgan fingerprint density at radius 2 is 1.54 bits per heavy atom. The highest BCUT2D eigenvalue weighted by atomic mass is 16.5. The van der Waals surface area contributed by atoms with Gasteiger partial charge in [-0.15, -0.1) is 0 Å². The maximum Gasteiger partial charge on any atom is 0.221 e. The lowest BCUT2D eigenvalue weighted by atomic mass is 10.1. The first-order chi connectivity index (χ1) is 11.6. The lowest BCUT2D eigenvalue weighted by Gasteiger charge is -2.15. The standard InChI is InChI=1S/C18H22N2O4/c1-12(21)20-15-7-5-6-14(9-15)19-11-13-8-17(23-3)18(24-4)10-16(13)22-2/h5-10,19H,11H2,1-4H3,(H,20,21). The molecule has 2 rings (SSSR count). The van der Waals surface area contributed by atoms with Crippen LogP contribution in [0.15, 0.2) is 36.4 Å². The minimum absolute atomic E-state index is 0.103. The predicted octanol–water partition coefficient (Wildman–Crippen LogP) is 3.28. The number of amides is 1. The van der Waals surface area contributed by atoms with Gasteiger partial charge in [0.2, 0.25) is 5.91 Å². The van der Waals surface area contributed by atoms with Crippen LogP contribution >= 0.6 is 0 Å². The molecular formula is C18H22N2O4. The highest BCUT2D eigenvalue weighted by molar-refractivity contribution is 5.89. The molecule has 0 spiro atoms. The average Bonchev–Trinajstić information content (AvgIpc) is 2.58. The summed E-state index contributed by atoms with van der Waals surface area (Å²) in [4.78, 5) is 11.1. The SMILES string of the molecule is COc1cc(OC)c(OC)cc1CNc1cccc(NC(C)=O)c1. The van der Waals surface area contributed by atoms with Gasteiger partial charge in [-0.05, 0) is 24.3 Å². The van der Waals surface area contributed by atoms with E-state index in [1.54, 1.807) is 27.4 Å². The Morgan fingerprint density at radius 3 is 2.17 bits per heavy atom. The first-order valence-electron chi connectivity index (χ1n) is 7.47. The summed E-state index contributed by atoms with van der Waals surface area (Å²) < 4.78 is 16.0. The molecule has 2 aromatic carbocycles. The molecule has 2 N–H and O–H groups in total. The molecule has 2 aromatic rings. The number of methoxy groups -OCH3 is 3. The predicted molar refractivity (Wildman–Crippen MR) is 94.2 cm³/mol. The van der Waals surface area contributed by atoms with Crippen molar-refractivity contribution in [2.75, 3.05) is 32.0 Å². The summed E-state index contributed by atoms with van der Waals surface area (Å²) in [6.07, 6.45) is 0. The van der Waals surface area contributed by atoms with Gasteiger partial charge in [0.1, 0.15) is 5.75 Å². The third-order valence-electron chi connectivity index (χ3n) is 3.45. The van der Waals surface area contributed by atoms with Gasteiger partial charge in [-0.1, -0.05) is 6.07 Å². The maximum absolute atomic E-state index is 11.1. The maximum atomic E-state index is 11.1. The molecular weight excluding hydrogens is 308 g/mol. The zero-order valence-electron chi connectivity index (χ0n) is 14.3. The number of rotatable bonds is 7. The van der Waals surface area contributed by atoms with Gasteiger partial charge in [0.15, 0.2) is 11.5 Å². The number of benzene rings is 2. The number of hydrogen-bond acceptors (Lipinski definition) is 5. The molecule has 0 atom stereocenters. The van der Waals surface area contributed by atoms with E-state index in [-0.39, 0.29) is 5.91 Å². The molecule has 0 aromatic heterocycles. The second-order valence-corrected chi connectivity index (χ2v) is 5.13. The van der Waals surface area contributed by atoms with Crippen molar-refractivity contribution in [1.29, 1.82) is 0 Å². The van der Waals surface area contributed by atoms with Gasteiger partial charge in [0.25, 0.3) is 0 Å². The third-order valence-corrected chi connectivity index (χ3v) is 3.45. The topological polar surface area (TPSA) is 68.8 Å². The first kappa shape index (κ1) is 17.5. The molecule has 128 valence electrons. The fourth-order valence-electron chi connectivity index (χ4n) is 2.34. The van der Waals surface area contributed by atoms with Crippen molar-refractivity contribution < 1.29 is 19.0 Å². The monoisotopic (exact) mass is 330 g/mol. The van der Waals surface area contributed by atoms with Crippen LogP contribution in [0.2, 0.25) is 0 Å². The zero-order valence-corrected chi connectivity index (χ0v) is 14.3. The lowest BCUT2D eigenvalue weighted by Crippen LogP contribution is -2.07. The second-order valence-electron chi connectivity index (χ2n) is 5.13. The van der Waals surface area contributed by atoms with Crippen molar-refractivity contribution >= 4 is 17.3 Å². The Kier molecular flexibility index (Phi) is 5.89. The smallest absolute Gasteiger partial charge is 0.221 e. The molecule has 0 saturated heterocycles. The van der Waals surface area contributed by atoms with Gasteiger partial charge in [-0.25, -0.2) is 0 Å². The summed E-state index contributed by atoms with van der Waals surface area (Å²) >= 11 is 0. The fourth-order valence-corrected chi connectivity index (χ4v) is 2.34. The molecule has 0 unspecified atom stereocenters. The van der Waals surface area contributed by atoms with Gasteiger partial charge in [-0.3, -0.25) is 4.79 Å². The number of ether oxygens (including phenoxy) is 3. The average molecular weight is 330 g/mol. The molecule has 0 heterocycles.